The van der Waals surface area contributed by atoms with Crippen LogP contribution in [0.3, 0.4) is 0 Å². The van der Waals surface area contributed by atoms with Crippen molar-refractivity contribution in [2.24, 2.45) is 0 Å². The lowest BCUT2D eigenvalue weighted by atomic mass is 10.3. The molecule has 0 radical (unpaired) electrons. The summed E-state index contributed by atoms with van der Waals surface area (Å²) in [6, 6.07) is 2.62. The number of amides is 1. The molecule has 1 heterocycles. The number of rotatable bonds is 5. The van der Waals surface area contributed by atoms with Gasteiger partial charge >= 0.3 is 7.82 Å². The molecular weight excluding hydrogens is 495 g/mol. The number of phosphoric ester groups is 1. The lowest BCUT2D eigenvalue weighted by Gasteiger charge is -2.14. The highest BCUT2D eigenvalue weighted by Crippen LogP contribution is 2.42. The fraction of sp³-hybridized carbons (Fsp3) is 0.167. The molecule has 8 nitrogen and oxygen atoms in total. The fourth-order valence-corrected chi connectivity index (χ4v) is 3.28. The van der Waals surface area contributed by atoms with E-state index >= 15 is 0 Å². The van der Waals surface area contributed by atoms with Gasteiger partial charge in [0.1, 0.15) is 16.2 Å². The van der Waals surface area contributed by atoms with Gasteiger partial charge in [-0.25, -0.2) is 18.0 Å². The zero-order chi connectivity index (χ0) is 18.9. The smallest absolute Gasteiger partial charge is 0.318 e. The highest BCUT2D eigenvalue weighted by molar-refractivity contribution is 9.13. The number of hydrogen-bond donors (Lipinski definition) is 3. The Bertz CT molecular complexity index is 873. The molecule has 13 heteroatoms. The van der Waals surface area contributed by atoms with Crippen LogP contribution in [0.4, 0.5) is 14.5 Å². The predicted molar refractivity (Wildman–Crippen MR) is 89.8 cm³/mol. The summed E-state index contributed by atoms with van der Waals surface area (Å²) in [6.07, 6.45) is -1.21. The van der Waals surface area contributed by atoms with Crippen molar-refractivity contribution in [2.45, 2.75) is 13.2 Å². The molecule has 136 valence electrons. The first-order chi connectivity index (χ1) is 11.5. The van der Waals surface area contributed by atoms with Gasteiger partial charge in [-0.1, -0.05) is 0 Å². The number of nitrogens with one attached hydrogen (secondary N) is 1. The third kappa shape index (κ3) is 4.93. The van der Waals surface area contributed by atoms with Crippen molar-refractivity contribution in [3.05, 3.63) is 44.6 Å². The molecule has 25 heavy (non-hydrogen) atoms. The van der Waals surface area contributed by atoms with Gasteiger partial charge in [-0.15, -0.1) is 0 Å². The number of anilines is 1. The molecule has 0 fully saturated rings. The van der Waals surface area contributed by atoms with E-state index in [4.69, 9.17) is 9.79 Å². The second kappa shape index (κ2) is 7.60. The van der Waals surface area contributed by atoms with Crippen LogP contribution in [0.25, 0.3) is 0 Å². The number of hydrogen-bond acceptors (Lipinski definition) is 4. The van der Waals surface area contributed by atoms with Crippen molar-refractivity contribution in [3.63, 3.8) is 0 Å². The summed E-state index contributed by atoms with van der Waals surface area (Å²) in [7, 11) is -4.79. The zero-order valence-corrected chi connectivity index (χ0v) is 16.3. The number of halogens is 4. The minimum absolute atomic E-state index is 0.147. The van der Waals surface area contributed by atoms with Crippen LogP contribution in [-0.4, -0.2) is 25.5 Å². The van der Waals surface area contributed by atoms with Crippen LogP contribution in [0.1, 0.15) is 23.6 Å². The molecule has 0 saturated heterocycles. The Morgan fingerprint density at radius 2 is 2.04 bits per heavy atom. The number of phosphoric acid groups is 1. The Morgan fingerprint density at radius 1 is 1.40 bits per heavy atom. The Kier molecular flexibility index (Phi) is 6.13. The predicted octanol–water partition coefficient (Wildman–Crippen LogP) is 3.57. The number of benzene rings is 1. The van der Waals surface area contributed by atoms with Crippen LogP contribution in [0.5, 0.6) is 0 Å². The average Bonchev–Trinajstić information content (AvgIpc) is 2.77. The second-order valence-electron chi connectivity index (χ2n) is 4.67. The van der Waals surface area contributed by atoms with E-state index in [0.29, 0.717) is 6.07 Å². The first-order valence-corrected chi connectivity index (χ1v) is 9.55. The monoisotopic (exact) mass is 503 g/mol. The molecule has 3 N–H and O–H groups in total. The Morgan fingerprint density at radius 3 is 2.60 bits per heavy atom. The van der Waals surface area contributed by atoms with Crippen molar-refractivity contribution >= 4 is 51.3 Å². The summed E-state index contributed by atoms with van der Waals surface area (Å²) in [4.78, 5) is 29.9. The van der Waals surface area contributed by atoms with Gasteiger partial charge in [0.25, 0.3) is 5.91 Å². The third-order valence-electron chi connectivity index (χ3n) is 2.83. The molecule has 0 saturated carbocycles. The first kappa shape index (κ1) is 20.1. The average molecular weight is 505 g/mol. The number of carbonyl (C=O) groups is 1. The van der Waals surface area contributed by atoms with Gasteiger partial charge in [0.15, 0.2) is 11.9 Å². The highest BCUT2D eigenvalue weighted by Gasteiger charge is 2.27. The van der Waals surface area contributed by atoms with Crippen LogP contribution >= 0.6 is 39.7 Å². The summed E-state index contributed by atoms with van der Waals surface area (Å²) in [5.74, 6) is -2.60. The minimum Gasteiger partial charge on any atom is -0.318 e. The van der Waals surface area contributed by atoms with E-state index < -0.39 is 31.6 Å². The van der Waals surface area contributed by atoms with Crippen molar-refractivity contribution in [3.8, 4) is 0 Å². The van der Waals surface area contributed by atoms with Crippen LogP contribution in [0, 0.1) is 11.6 Å². The summed E-state index contributed by atoms with van der Waals surface area (Å²) >= 11 is 6.20. The van der Waals surface area contributed by atoms with Crippen LogP contribution in [0.2, 0.25) is 0 Å². The topological polar surface area (TPSA) is 114 Å². The third-order valence-corrected chi connectivity index (χ3v) is 5.45. The molecule has 0 aliphatic heterocycles. The molecule has 0 aliphatic rings. The van der Waals surface area contributed by atoms with Gasteiger partial charge in [0.05, 0.1) is 10.2 Å². The molecule has 1 unspecified atom stereocenters. The van der Waals surface area contributed by atoms with E-state index in [1.54, 1.807) is 0 Å². The molecule has 1 amide bonds. The van der Waals surface area contributed by atoms with Crippen molar-refractivity contribution in [1.82, 2.24) is 9.78 Å². The van der Waals surface area contributed by atoms with Gasteiger partial charge < -0.3 is 15.1 Å². The summed E-state index contributed by atoms with van der Waals surface area (Å²) < 4.78 is 43.2. The van der Waals surface area contributed by atoms with E-state index in [0.717, 1.165) is 16.8 Å². The largest absolute Gasteiger partial charge is 0.471 e. The maximum atomic E-state index is 13.6. The lowest BCUT2D eigenvalue weighted by molar-refractivity contribution is 0.0857. The molecule has 0 bridgehead atoms. The van der Waals surface area contributed by atoms with Gasteiger partial charge in [-0.3, -0.25) is 9.32 Å². The lowest BCUT2D eigenvalue weighted by Crippen LogP contribution is -2.16. The van der Waals surface area contributed by atoms with E-state index in [9.17, 15) is 18.1 Å². The van der Waals surface area contributed by atoms with E-state index in [2.05, 4.69) is 46.8 Å². The van der Waals surface area contributed by atoms with Crippen LogP contribution < -0.4 is 5.32 Å². The van der Waals surface area contributed by atoms with Crippen LogP contribution in [-0.2, 0) is 9.09 Å². The summed E-state index contributed by atoms with van der Waals surface area (Å²) in [6.45, 7) is 1.30. The molecule has 0 spiro atoms. The Hall–Kier alpha value is -1.17. The maximum absolute atomic E-state index is 13.6. The summed E-state index contributed by atoms with van der Waals surface area (Å²) in [5.41, 5.74) is -0.472. The Balaban J connectivity index is 2.29. The van der Waals surface area contributed by atoms with Crippen molar-refractivity contribution < 1.29 is 32.5 Å². The summed E-state index contributed by atoms with van der Waals surface area (Å²) in [5, 5.41) is 6.10. The number of aromatic nitrogens is 2. The quantitative estimate of drug-likeness (QED) is 0.536. The van der Waals surface area contributed by atoms with Crippen molar-refractivity contribution in [1.29, 1.82) is 0 Å². The molecule has 1 atom stereocenters. The SMILES string of the molecule is CC(OP(=O)(O)O)n1nc(C(=O)Nc2ccc(F)cc2F)c(Br)c1Br. The molecule has 1 aromatic heterocycles. The van der Waals surface area contributed by atoms with E-state index in [1.165, 1.54) is 6.92 Å². The first-order valence-electron chi connectivity index (χ1n) is 6.43. The molecule has 2 aromatic rings. The molecular formula is C12H10Br2F2N3O5P. The number of nitrogens with zero attached hydrogens (tertiary/aromatic N) is 2. The maximum Gasteiger partial charge on any atom is 0.471 e. The number of carbonyl (C=O) groups excluding carboxylic acids is 1. The van der Waals surface area contributed by atoms with E-state index in [-0.39, 0.29) is 20.5 Å². The van der Waals surface area contributed by atoms with E-state index in [1.807, 2.05) is 0 Å². The van der Waals surface area contributed by atoms with Gasteiger partial charge in [0.2, 0.25) is 0 Å². The van der Waals surface area contributed by atoms with Crippen molar-refractivity contribution in [2.75, 3.05) is 5.32 Å². The second-order valence-corrected chi connectivity index (χ2v) is 7.41. The highest BCUT2D eigenvalue weighted by atomic mass is 79.9. The standard InChI is InChI=1S/C12H10Br2F2N3O5P/c1-5(24-25(21,22)23)19-11(14)9(13)10(18-19)12(20)17-8-3-2-6(15)4-7(8)16/h2-5H,1H3,(H,17,20)(H2,21,22,23). The fourth-order valence-electron chi connectivity index (χ4n) is 1.80. The van der Waals surface area contributed by atoms with Crippen LogP contribution in [0.15, 0.2) is 27.3 Å². The molecule has 1 aromatic carbocycles. The van der Waals surface area contributed by atoms with Gasteiger partial charge in [-0.05, 0) is 50.9 Å². The Labute approximate surface area is 156 Å². The zero-order valence-electron chi connectivity index (χ0n) is 12.3. The minimum atomic E-state index is -4.79. The normalized spacial score (nSPS) is 12.9. The van der Waals surface area contributed by atoms with Gasteiger partial charge in [-0.2, -0.15) is 5.10 Å². The molecule has 0 aliphatic carbocycles. The molecule has 2 rings (SSSR count). The van der Waals surface area contributed by atoms with Gasteiger partial charge in [0, 0.05) is 6.07 Å².